The number of hydrogen-bond acceptors (Lipinski definition) is 5. The molecule has 2 aromatic rings. The Morgan fingerprint density at radius 3 is 2.68 bits per heavy atom. The Kier molecular flexibility index (Phi) is 3.77. The molecule has 2 N–H and O–H groups in total. The molecule has 0 aliphatic heterocycles. The lowest BCUT2D eigenvalue weighted by atomic mass is 10.1. The minimum atomic E-state index is -3.61. The Hall–Kier alpha value is -1.99. The number of primary sulfonamides is 1. The Morgan fingerprint density at radius 1 is 1.26 bits per heavy atom. The summed E-state index contributed by atoms with van der Waals surface area (Å²) in [5.74, 6) is 0.334. The van der Waals surface area contributed by atoms with Gasteiger partial charge in [0.1, 0.15) is 17.8 Å². The lowest BCUT2D eigenvalue weighted by molar-refractivity contribution is 0.416. The first-order chi connectivity index (χ1) is 8.99. The molecule has 0 fully saturated rings. The quantitative estimate of drug-likeness (QED) is 0.898. The molecule has 0 aliphatic rings. The number of ether oxygens (including phenoxy) is 1. The van der Waals surface area contributed by atoms with Crippen LogP contribution in [0.3, 0.4) is 0 Å². The first-order valence-corrected chi connectivity index (χ1v) is 7.16. The summed E-state index contributed by atoms with van der Waals surface area (Å²) in [6, 6.07) is 8.91. The Labute approximate surface area is 111 Å². The van der Waals surface area contributed by atoms with Crippen molar-refractivity contribution < 1.29 is 13.2 Å². The number of hydrogen-bond donors (Lipinski definition) is 1. The van der Waals surface area contributed by atoms with Gasteiger partial charge in [-0.3, -0.25) is 0 Å². The highest BCUT2D eigenvalue weighted by molar-refractivity contribution is 7.88. The van der Waals surface area contributed by atoms with Gasteiger partial charge >= 0.3 is 0 Å². The number of para-hydroxylation sites is 1. The van der Waals surface area contributed by atoms with Crippen LogP contribution in [-0.2, 0) is 15.8 Å². The second-order valence-corrected chi connectivity index (χ2v) is 5.52. The van der Waals surface area contributed by atoms with Crippen LogP contribution in [0.2, 0.25) is 0 Å². The summed E-state index contributed by atoms with van der Waals surface area (Å²) in [7, 11) is -2.05. The van der Waals surface area contributed by atoms with Crippen LogP contribution in [-0.4, -0.2) is 25.5 Å². The van der Waals surface area contributed by atoms with Gasteiger partial charge in [0.2, 0.25) is 10.0 Å². The van der Waals surface area contributed by atoms with E-state index in [2.05, 4.69) is 9.97 Å². The molecule has 100 valence electrons. The molecule has 0 saturated heterocycles. The van der Waals surface area contributed by atoms with E-state index in [1.54, 1.807) is 19.2 Å². The Morgan fingerprint density at radius 2 is 2.00 bits per heavy atom. The van der Waals surface area contributed by atoms with E-state index in [0.29, 0.717) is 17.1 Å². The average molecular weight is 279 g/mol. The number of methoxy groups -OCH3 is 1. The van der Waals surface area contributed by atoms with E-state index in [4.69, 9.17) is 9.88 Å². The molecule has 0 radical (unpaired) electrons. The highest BCUT2D eigenvalue weighted by Crippen LogP contribution is 2.27. The zero-order valence-electron chi connectivity index (χ0n) is 10.3. The predicted octanol–water partition coefficient (Wildman–Crippen LogP) is 0.941. The number of nitrogens with zero attached hydrogens (tertiary/aromatic N) is 2. The fraction of sp³-hybridized carbons (Fsp3) is 0.167. The van der Waals surface area contributed by atoms with Gasteiger partial charge in [0.05, 0.1) is 18.5 Å². The molecule has 0 spiro atoms. The standard InChI is InChI=1S/C12H13N3O3S/c1-18-12-5-3-2-4-10(12)11-6-9(14-8-15-11)7-19(13,16)17/h2-6,8H,7H2,1H3,(H2,13,16,17). The SMILES string of the molecule is COc1ccccc1-c1cc(CS(N)(=O)=O)ncn1. The number of nitrogens with two attached hydrogens (primary N) is 1. The first-order valence-electron chi connectivity index (χ1n) is 5.44. The third-order valence-corrected chi connectivity index (χ3v) is 3.15. The molecule has 7 heteroatoms. The summed E-state index contributed by atoms with van der Waals surface area (Å²) < 4.78 is 27.4. The maximum absolute atomic E-state index is 11.1. The summed E-state index contributed by atoms with van der Waals surface area (Å²) in [4.78, 5) is 8.02. The third kappa shape index (κ3) is 3.49. The monoisotopic (exact) mass is 279 g/mol. The molecular weight excluding hydrogens is 266 g/mol. The van der Waals surface area contributed by atoms with Crippen LogP contribution in [0.1, 0.15) is 5.69 Å². The van der Waals surface area contributed by atoms with Gasteiger partial charge < -0.3 is 4.74 Å². The molecule has 0 unspecified atom stereocenters. The molecule has 0 amide bonds. The lowest BCUT2D eigenvalue weighted by Crippen LogP contribution is -2.15. The number of rotatable bonds is 4. The van der Waals surface area contributed by atoms with Crippen molar-refractivity contribution in [2.24, 2.45) is 5.14 Å². The van der Waals surface area contributed by atoms with E-state index in [0.717, 1.165) is 5.56 Å². The Bertz CT molecular complexity index is 686. The summed E-state index contributed by atoms with van der Waals surface area (Å²) in [6.07, 6.45) is 1.31. The molecule has 0 atom stereocenters. The molecule has 0 bridgehead atoms. The minimum Gasteiger partial charge on any atom is -0.496 e. The summed E-state index contributed by atoms with van der Waals surface area (Å²) in [5, 5.41) is 5.00. The fourth-order valence-electron chi connectivity index (χ4n) is 1.69. The second-order valence-electron chi connectivity index (χ2n) is 3.90. The molecule has 1 aromatic carbocycles. The molecule has 0 aliphatic carbocycles. The normalized spacial score (nSPS) is 11.3. The van der Waals surface area contributed by atoms with Crippen LogP contribution in [0, 0.1) is 0 Å². The number of sulfonamides is 1. The van der Waals surface area contributed by atoms with Crippen molar-refractivity contribution in [2.45, 2.75) is 5.75 Å². The molecule has 0 saturated carbocycles. The highest BCUT2D eigenvalue weighted by atomic mass is 32.2. The van der Waals surface area contributed by atoms with Crippen LogP contribution in [0.5, 0.6) is 5.75 Å². The van der Waals surface area contributed by atoms with Crippen molar-refractivity contribution in [3.8, 4) is 17.0 Å². The zero-order chi connectivity index (χ0) is 13.9. The Balaban J connectivity index is 2.43. The van der Waals surface area contributed by atoms with Gasteiger partial charge in [-0.1, -0.05) is 12.1 Å². The zero-order valence-corrected chi connectivity index (χ0v) is 11.1. The highest BCUT2D eigenvalue weighted by Gasteiger charge is 2.10. The molecular formula is C12H13N3O3S. The molecule has 19 heavy (non-hydrogen) atoms. The third-order valence-electron chi connectivity index (χ3n) is 2.46. The maximum Gasteiger partial charge on any atom is 0.214 e. The van der Waals surface area contributed by atoms with Crippen LogP contribution in [0.15, 0.2) is 36.7 Å². The first kappa shape index (κ1) is 13.4. The number of benzene rings is 1. The van der Waals surface area contributed by atoms with Crippen LogP contribution < -0.4 is 9.88 Å². The van der Waals surface area contributed by atoms with E-state index in [1.165, 1.54) is 6.33 Å². The average Bonchev–Trinajstić information content (AvgIpc) is 2.37. The predicted molar refractivity (Wildman–Crippen MR) is 70.8 cm³/mol. The van der Waals surface area contributed by atoms with Crippen LogP contribution in [0.25, 0.3) is 11.3 Å². The summed E-state index contributed by atoms with van der Waals surface area (Å²) in [5.41, 5.74) is 1.70. The van der Waals surface area contributed by atoms with Gasteiger partial charge in [0.25, 0.3) is 0 Å². The summed E-state index contributed by atoms with van der Waals surface area (Å²) >= 11 is 0. The minimum absolute atomic E-state index is 0.322. The maximum atomic E-state index is 11.1. The fourth-order valence-corrected chi connectivity index (χ4v) is 2.26. The van der Waals surface area contributed by atoms with Crippen molar-refractivity contribution in [1.82, 2.24) is 9.97 Å². The van der Waals surface area contributed by atoms with E-state index in [9.17, 15) is 8.42 Å². The van der Waals surface area contributed by atoms with E-state index < -0.39 is 10.0 Å². The smallest absolute Gasteiger partial charge is 0.214 e. The van der Waals surface area contributed by atoms with Crippen LogP contribution in [0.4, 0.5) is 0 Å². The van der Waals surface area contributed by atoms with Gasteiger partial charge in [-0.2, -0.15) is 0 Å². The topological polar surface area (TPSA) is 95.2 Å². The van der Waals surface area contributed by atoms with Gasteiger partial charge in [0, 0.05) is 5.56 Å². The second kappa shape index (κ2) is 5.33. The largest absolute Gasteiger partial charge is 0.496 e. The van der Waals surface area contributed by atoms with Gasteiger partial charge in [-0.15, -0.1) is 0 Å². The van der Waals surface area contributed by atoms with Crippen molar-refractivity contribution in [3.63, 3.8) is 0 Å². The number of aromatic nitrogens is 2. The van der Waals surface area contributed by atoms with Crippen molar-refractivity contribution in [3.05, 3.63) is 42.4 Å². The lowest BCUT2D eigenvalue weighted by Gasteiger charge is -2.08. The summed E-state index contributed by atoms with van der Waals surface area (Å²) in [6.45, 7) is 0. The molecule has 1 heterocycles. The van der Waals surface area contributed by atoms with Gasteiger partial charge in [-0.05, 0) is 18.2 Å². The molecule has 2 rings (SSSR count). The molecule has 6 nitrogen and oxygen atoms in total. The van der Waals surface area contributed by atoms with E-state index in [1.807, 2.05) is 18.2 Å². The van der Waals surface area contributed by atoms with E-state index in [-0.39, 0.29) is 5.75 Å². The van der Waals surface area contributed by atoms with Gasteiger partial charge in [0.15, 0.2) is 0 Å². The van der Waals surface area contributed by atoms with Crippen molar-refractivity contribution in [2.75, 3.05) is 7.11 Å². The van der Waals surface area contributed by atoms with E-state index >= 15 is 0 Å². The van der Waals surface area contributed by atoms with Crippen molar-refractivity contribution >= 4 is 10.0 Å². The van der Waals surface area contributed by atoms with Gasteiger partial charge in [-0.25, -0.2) is 23.5 Å². The van der Waals surface area contributed by atoms with Crippen LogP contribution >= 0.6 is 0 Å². The van der Waals surface area contributed by atoms with Crippen molar-refractivity contribution in [1.29, 1.82) is 0 Å². The molecule has 1 aromatic heterocycles.